The van der Waals surface area contributed by atoms with E-state index in [4.69, 9.17) is 5.73 Å². The van der Waals surface area contributed by atoms with E-state index in [1.807, 2.05) is 0 Å². The molecule has 26 nitrogen and oxygen atoms in total. The summed E-state index contributed by atoms with van der Waals surface area (Å²) in [6.07, 6.45) is 1.74. The summed E-state index contributed by atoms with van der Waals surface area (Å²) in [4.78, 5) is 163. The van der Waals surface area contributed by atoms with Crippen molar-refractivity contribution in [3.05, 3.63) is 125 Å². The van der Waals surface area contributed by atoms with Crippen LogP contribution in [0.2, 0.25) is 0 Å². The summed E-state index contributed by atoms with van der Waals surface area (Å²) in [7, 11) is 0. The second kappa shape index (κ2) is 26.8. The number of carbonyl (C=O) groups excluding carboxylic acids is 9. The summed E-state index contributed by atoms with van der Waals surface area (Å²) >= 11 is 0. The zero-order valence-electron chi connectivity index (χ0n) is 43.0. The molecule has 3 aliphatic heterocycles. The van der Waals surface area contributed by atoms with Crippen molar-refractivity contribution >= 4 is 52.8 Å². The average Bonchev–Trinajstić information content (AvgIpc) is 3.40. The minimum atomic E-state index is -1.93. The number of nitrogens with one attached hydrogen (secondary N) is 4. The molecule has 26 heteroatoms. The van der Waals surface area contributed by atoms with Gasteiger partial charge in [-0.05, 0) is 87.5 Å². The Morgan fingerprint density at radius 1 is 0.597 bits per heavy atom. The van der Waals surface area contributed by atoms with Crippen molar-refractivity contribution in [2.75, 3.05) is 52.4 Å². The summed E-state index contributed by atoms with van der Waals surface area (Å²) in [6.45, 7) is 5.29. The van der Waals surface area contributed by atoms with Crippen LogP contribution in [0, 0.1) is 11.8 Å². The van der Waals surface area contributed by atoms with Crippen LogP contribution in [0.5, 0.6) is 0 Å². The van der Waals surface area contributed by atoms with Gasteiger partial charge in [-0.1, -0.05) is 40.2 Å². The lowest BCUT2D eigenvalue weighted by atomic mass is 9.87. The molecule has 10 N–H and O–H groups in total. The number of carbonyl (C=O) groups is 9. The smallest absolute Gasteiger partial charge is 0.296 e. The number of Topliss-reactive ketones (excluding diaryl/α,β-unsaturated/α-hetero) is 3. The number of nitrogens with zero attached hydrogens (tertiary/aromatic N) is 5. The third kappa shape index (κ3) is 14.3. The minimum Gasteiger partial charge on any atom is -0.425 e. The maximum absolute atomic E-state index is 14.1. The SMILES string of the molecule is CC(C)C(=O)C1=CC=C(C(=O)N2CCCCN(C(=O)c3ccc(C(=O)C(C)C)n(O)c3=O)CCCNC(=O)c3ccc(n(O)c3=O)C(=O)NC(CCCCN)CNC(=O)c3ccc(c(=O)n3O)C(=O)NCCC2)C(=O)C1O. The lowest BCUT2D eigenvalue weighted by Gasteiger charge is -2.27. The van der Waals surface area contributed by atoms with Crippen molar-refractivity contribution < 1.29 is 63.9 Å². The maximum Gasteiger partial charge on any atom is 0.296 e. The van der Waals surface area contributed by atoms with Gasteiger partial charge in [0.2, 0.25) is 5.78 Å². The Morgan fingerprint density at radius 3 is 1.65 bits per heavy atom. The van der Waals surface area contributed by atoms with Gasteiger partial charge in [0.05, 0.1) is 5.57 Å². The maximum atomic E-state index is 14.1. The van der Waals surface area contributed by atoms with Crippen molar-refractivity contribution in [3.8, 4) is 0 Å². The van der Waals surface area contributed by atoms with Gasteiger partial charge in [-0.15, -0.1) is 14.2 Å². The number of pyridine rings is 3. The molecule has 0 radical (unpaired) electrons. The van der Waals surface area contributed by atoms with Gasteiger partial charge in [-0.25, -0.2) is 0 Å². The molecule has 0 saturated carbocycles. The molecule has 1 aliphatic carbocycles. The van der Waals surface area contributed by atoms with Gasteiger partial charge in [0.1, 0.15) is 39.9 Å². The van der Waals surface area contributed by atoms with E-state index in [0.29, 0.717) is 12.8 Å². The number of hydrogen-bond acceptors (Lipinski definition) is 17. The lowest BCUT2D eigenvalue weighted by Crippen LogP contribution is -2.46. The minimum absolute atomic E-state index is 0.000411. The van der Waals surface area contributed by atoms with Gasteiger partial charge < -0.3 is 57.5 Å². The number of aliphatic hydroxyl groups is 1. The van der Waals surface area contributed by atoms with Crippen LogP contribution in [0.4, 0.5) is 0 Å². The predicted octanol–water partition coefficient (Wildman–Crippen LogP) is -0.594. The van der Waals surface area contributed by atoms with Gasteiger partial charge in [0, 0.05) is 69.3 Å². The molecule has 2 unspecified atom stereocenters. The zero-order valence-corrected chi connectivity index (χ0v) is 43.0. The summed E-state index contributed by atoms with van der Waals surface area (Å²) in [6, 6.07) is 5.32. The molecular formula is C51H64N10O16. The molecular weight excluding hydrogens is 1010 g/mol. The summed E-state index contributed by atoms with van der Waals surface area (Å²) in [5.74, 6) is -8.99. The van der Waals surface area contributed by atoms with E-state index in [1.54, 1.807) is 27.7 Å². The van der Waals surface area contributed by atoms with Crippen LogP contribution in [-0.2, 0) is 14.4 Å². The number of hydrogen-bond donors (Lipinski definition) is 9. The van der Waals surface area contributed by atoms with Gasteiger partial charge in [-0.2, -0.15) is 0 Å². The van der Waals surface area contributed by atoms with Gasteiger partial charge in [0.15, 0.2) is 11.6 Å². The molecule has 0 saturated heterocycles. The van der Waals surface area contributed by atoms with Crippen LogP contribution in [0.15, 0.2) is 74.1 Å². The second-order valence-corrected chi connectivity index (χ2v) is 18.9. The van der Waals surface area contributed by atoms with E-state index < -0.39 is 127 Å². The Kier molecular flexibility index (Phi) is 20.7. The molecule has 3 aromatic heterocycles. The first kappa shape index (κ1) is 59.4. The fraction of sp³-hybridized carbons (Fsp3) is 0.451. The number of rotatable bonds is 10. The molecule has 414 valence electrons. The Hall–Kier alpha value is -8.52. The number of nitrogens with two attached hydrogens (primary N) is 1. The van der Waals surface area contributed by atoms with Crippen molar-refractivity contribution in [3.63, 3.8) is 0 Å². The molecule has 7 rings (SSSR count). The van der Waals surface area contributed by atoms with Crippen molar-refractivity contribution in [1.29, 1.82) is 0 Å². The first-order valence-corrected chi connectivity index (χ1v) is 25.0. The Morgan fingerprint density at radius 2 is 1.12 bits per heavy atom. The normalized spacial score (nSPS) is 18.0. The number of aliphatic hydroxyl groups excluding tert-OH is 1. The van der Waals surface area contributed by atoms with Crippen LogP contribution in [0.3, 0.4) is 0 Å². The molecule has 3 aromatic rings. The van der Waals surface area contributed by atoms with Gasteiger partial charge in [0.25, 0.3) is 52.1 Å². The van der Waals surface area contributed by atoms with Gasteiger partial charge >= 0.3 is 0 Å². The first-order valence-electron chi connectivity index (χ1n) is 25.0. The molecule has 6 heterocycles. The monoisotopic (exact) mass is 1070 g/mol. The highest BCUT2D eigenvalue weighted by molar-refractivity contribution is 6.24. The molecule has 0 aromatic carbocycles. The van der Waals surface area contributed by atoms with Crippen molar-refractivity contribution in [2.24, 2.45) is 17.6 Å². The number of aromatic nitrogens is 3. The summed E-state index contributed by atoms with van der Waals surface area (Å²) in [5, 5.41) is 53.1. The van der Waals surface area contributed by atoms with Crippen LogP contribution < -0.4 is 43.7 Å². The Bertz CT molecular complexity index is 3060. The third-order valence-corrected chi connectivity index (χ3v) is 12.7. The topological polar surface area (TPSA) is 381 Å². The molecule has 6 amide bonds. The first-order chi connectivity index (χ1) is 36.5. The summed E-state index contributed by atoms with van der Waals surface area (Å²) in [5.41, 5.74) is -2.00. The lowest BCUT2D eigenvalue weighted by molar-refractivity contribution is -0.133. The van der Waals surface area contributed by atoms with Crippen molar-refractivity contribution in [2.45, 2.75) is 84.8 Å². The fourth-order valence-electron chi connectivity index (χ4n) is 8.32. The molecule has 77 heavy (non-hydrogen) atoms. The van der Waals surface area contributed by atoms with E-state index >= 15 is 0 Å². The third-order valence-electron chi connectivity index (χ3n) is 12.7. The van der Waals surface area contributed by atoms with Crippen molar-refractivity contribution in [1.82, 2.24) is 45.3 Å². The van der Waals surface area contributed by atoms with E-state index in [2.05, 4.69) is 21.3 Å². The molecule has 0 fully saturated rings. The Balaban J connectivity index is 1.48. The molecule has 4 bridgehead atoms. The molecule has 4 aliphatic rings. The average molecular weight is 1070 g/mol. The number of amides is 6. The van der Waals surface area contributed by atoms with Crippen LogP contribution >= 0.6 is 0 Å². The van der Waals surface area contributed by atoms with E-state index in [9.17, 15) is 78.3 Å². The second-order valence-electron chi connectivity index (χ2n) is 18.9. The van der Waals surface area contributed by atoms with E-state index in [1.165, 1.54) is 15.9 Å². The molecule has 2 atom stereocenters. The van der Waals surface area contributed by atoms with Crippen LogP contribution in [0.1, 0.15) is 135 Å². The number of unbranched alkanes of at least 4 members (excludes halogenated alkanes) is 1. The highest BCUT2D eigenvalue weighted by atomic mass is 16.5. The number of ketones is 3. The highest BCUT2D eigenvalue weighted by Crippen LogP contribution is 2.22. The number of allylic oxidation sites excluding steroid dienone is 2. The largest absolute Gasteiger partial charge is 0.425 e. The van der Waals surface area contributed by atoms with Crippen LogP contribution in [-0.4, -0.2) is 162 Å². The number of fused-ring (bicyclic) bond motifs is 2. The predicted molar refractivity (Wildman–Crippen MR) is 272 cm³/mol. The quantitative estimate of drug-likeness (QED) is 0.0530. The fourth-order valence-corrected chi connectivity index (χ4v) is 8.32. The zero-order chi connectivity index (χ0) is 56.8. The van der Waals surface area contributed by atoms with Crippen LogP contribution in [0.25, 0.3) is 0 Å². The molecule has 0 spiro atoms. The van der Waals surface area contributed by atoms with E-state index in [-0.39, 0.29) is 110 Å². The highest BCUT2D eigenvalue weighted by Gasteiger charge is 2.36. The standard InChI is InChI=1S/C51H64N10O16/c1-28(2)39(62)31-12-13-32(42(65)41(31)64)47(70)57-23-7-8-24-58(48(71)35-16-17-36(40(63)29(3)4)59(75)51(35)74)26-10-22-54-44(67)34-15-19-38(61(77)50(34)73)46(69)56-30(11-5-6-20-52)27-55-45(68)37-18-14-33(49(72)60(37)76)43(66)53-21-9-25-57/h12-19,28-30,41,64,75-77H,5-11,20-27,52H2,1-4H3,(H,53,66)(H,54,67)(H,55,68)(H,56,69). The summed E-state index contributed by atoms with van der Waals surface area (Å²) < 4.78 is -0.0104. The Labute approximate surface area is 440 Å². The van der Waals surface area contributed by atoms with E-state index in [0.717, 1.165) is 42.5 Å². The van der Waals surface area contributed by atoms with Gasteiger partial charge in [-0.3, -0.25) is 57.5 Å².